The number of rotatable bonds is 7. The van der Waals surface area contributed by atoms with Gasteiger partial charge in [0.15, 0.2) is 0 Å². The molecule has 0 spiro atoms. The van der Waals surface area contributed by atoms with Crippen LogP contribution in [-0.2, 0) is 25.7 Å². The average Bonchev–Trinajstić information content (AvgIpc) is 3.20. The van der Waals surface area contributed by atoms with Crippen LogP contribution in [0.4, 0.5) is 18.4 Å². The first-order valence-corrected chi connectivity index (χ1v) is 9.86. The highest BCUT2D eigenvalue weighted by Crippen LogP contribution is 2.32. The number of hydrogen-bond donors (Lipinski definition) is 0. The van der Waals surface area contributed by atoms with E-state index in [0.29, 0.717) is 15.5 Å². The van der Waals surface area contributed by atoms with Crippen molar-refractivity contribution in [1.82, 2.24) is 4.90 Å². The minimum absolute atomic E-state index is 0.0571. The summed E-state index contributed by atoms with van der Waals surface area (Å²) in [6.45, 7) is -0.226. The van der Waals surface area contributed by atoms with Gasteiger partial charge in [-0.1, -0.05) is 11.6 Å². The van der Waals surface area contributed by atoms with Gasteiger partial charge in [0.05, 0.1) is 4.34 Å². The van der Waals surface area contributed by atoms with Crippen LogP contribution in [0.3, 0.4) is 0 Å². The molecule has 12 heteroatoms. The molecule has 0 atom stereocenters. The predicted octanol–water partition coefficient (Wildman–Crippen LogP) is 4.56. The summed E-state index contributed by atoms with van der Waals surface area (Å²) in [7, 11) is 0. The number of imide groups is 3. The van der Waals surface area contributed by atoms with E-state index in [1.54, 1.807) is 12.1 Å². The zero-order valence-corrected chi connectivity index (χ0v) is 16.9. The number of carbonyl (C=O) groups is 4. The molecule has 2 heterocycles. The Balaban J connectivity index is 1.95. The van der Waals surface area contributed by atoms with Gasteiger partial charge >= 0.3 is 23.2 Å². The molecule has 1 fully saturated rings. The predicted molar refractivity (Wildman–Crippen MR) is 101 cm³/mol. The number of alkyl halides is 2. The molecule has 1 aliphatic rings. The fourth-order valence-electron chi connectivity index (χ4n) is 1.94. The molecule has 1 aromatic rings. The monoisotopic (exact) mass is 463 g/mol. The van der Waals surface area contributed by atoms with Crippen molar-refractivity contribution >= 4 is 57.9 Å². The van der Waals surface area contributed by atoms with E-state index in [-0.39, 0.29) is 36.1 Å². The molecule has 0 bridgehead atoms. The van der Waals surface area contributed by atoms with Crippen LogP contribution >= 0.6 is 34.7 Å². The molecule has 0 radical (unpaired) electrons. The van der Waals surface area contributed by atoms with Gasteiger partial charge in [-0.25, -0.2) is 9.59 Å². The maximum absolute atomic E-state index is 13.6. The first kappa shape index (κ1) is 22.9. The summed E-state index contributed by atoms with van der Waals surface area (Å²) in [6.07, 6.45) is 3.24. The number of esters is 1. The number of thioether (sulfide) groups is 1. The summed E-state index contributed by atoms with van der Waals surface area (Å²) in [6, 6.07) is 3.17. The number of terminal acetylenes is 1. The number of ether oxygens (including phenoxy) is 2. The molecule has 3 amide bonds. The van der Waals surface area contributed by atoms with Gasteiger partial charge in [0.25, 0.3) is 5.91 Å². The van der Waals surface area contributed by atoms with E-state index in [4.69, 9.17) is 22.8 Å². The van der Waals surface area contributed by atoms with E-state index in [9.17, 15) is 28.0 Å². The Morgan fingerprint density at radius 2 is 2.07 bits per heavy atom. The Morgan fingerprint density at radius 3 is 2.69 bits per heavy atom. The number of carbonyl (C=O) groups excluding carboxylic acids is 4. The fraction of sp³-hybridized carbons (Fsp3) is 0.294. The third-order valence-electron chi connectivity index (χ3n) is 3.33. The lowest BCUT2D eigenvalue weighted by atomic mass is 10.1. The lowest BCUT2D eigenvalue weighted by molar-refractivity contribution is -0.166. The third kappa shape index (κ3) is 6.03. The van der Waals surface area contributed by atoms with Gasteiger partial charge in [-0.05, 0) is 30.3 Å². The molecular formula is C17H12ClF2NO6S2. The Bertz CT molecular complexity index is 908. The summed E-state index contributed by atoms with van der Waals surface area (Å²) < 4.78 is 36.9. The average molecular weight is 464 g/mol. The Labute approximate surface area is 177 Å². The summed E-state index contributed by atoms with van der Waals surface area (Å²) in [4.78, 5) is 47.7. The normalized spacial score (nSPS) is 15.5. The second-order valence-electron chi connectivity index (χ2n) is 5.42. The lowest BCUT2D eigenvalue weighted by Crippen LogP contribution is -2.35. The second-order valence-corrected chi connectivity index (χ2v) is 8.21. The highest BCUT2D eigenvalue weighted by atomic mass is 35.5. The highest BCUT2D eigenvalue weighted by molar-refractivity contribution is 8.18. The maximum atomic E-state index is 13.6. The van der Waals surface area contributed by atoms with Gasteiger partial charge in [0, 0.05) is 17.7 Å². The van der Waals surface area contributed by atoms with E-state index in [1.807, 2.05) is 0 Å². The van der Waals surface area contributed by atoms with Crippen molar-refractivity contribution in [1.29, 1.82) is 0 Å². The summed E-state index contributed by atoms with van der Waals surface area (Å²) in [5.41, 5.74) is 0. The zero-order valence-electron chi connectivity index (χ0n) is 14.5. The molecule has 29 heavy (non-hydrogen) atoms. The number of hydrogen-bond acceptors (Lipinski definition) is 8. The maximum Gasteiger partial charge on any atom is 0.424 e. The molecule has 1 saturated heterocycles. The molecule has 0 N–H and O–H groups in total. The van der Waals surface area contributed by atoms with E-state index < -0.39 is 40.5 Å². The van der Waals surface area contributed by atoms with Crippen LogP contribution in [0.25, 0.3) is 0 Å². The lowest BCUT2D eigenvalue weighted by Gasteiger charge is -2.12. The smallest absolute Gasteiger partial charge is 0.424 e. The van der Waals surface area contributed by atoms with Crippen molar-refractivity contribution in [3.05, 3.63) is 32.5 Å². The van der Waals surface area contributed by atoms with Crippen molar-refractivity contribution < 1.29 is 37.4 Å². The Kier molecular flexibility index (Phi) is 7.78. The quantitative estimate of drug-likeness (QED) is 0.192. The van der Waals surface area contributed by atoms with Gasteiger partial charge in [-0.15, -0.1) is 23.7 Å². The fourth-order valence-corrected chi connectivity index (χ4v) is 3.66. The first-order chi connectivity index (χ1) is 13.7. The molecular weight excluding hydrogens is 452 g/mol. The third-order valence-corrected chi connectivity index (χ3v) is 5.38. The Morgan fingerprint density at radius 1 is 1.34 bits per heavy atom. The van der Waals surface area contributed by atoms with E-state index >= 15 is 0 Å². The summed E-state index contributed by atoms with van der Waals surface area (Å²) in [5, 5.41) is -1.02. The second kappa shape index (κ2) is 9.87. The van der Waals surface area contributed by atoms with Crippen LogP contribution in [0, 0.1) is 12.3 Å². The molecule has 0 unspecified atom stereocenters. The van der Waals surface area contributed by atoms with Crippen molar-refractivity contribution in [2.24, 2.45) is 0 Å². The minimum Gasteiger partial charge on any atom is -0.443 e. The number of thiophene rings is 1. The van der Waals surface area contributed by atoms with Crippen molar-refractivity contribution in [2.45, 2.75) is 31.8 Å². The Hall–Kier alpha value is -2.42. The molecule has 7 nitrogen and oxygen atoms in total. The molecule has 2 rings (SSSR count). The van der Waals surface area contributed by atoms with Gasteiger partial charge in [-0.2, -0.15) is 13.7 Å². The van der Waals surface area contributed by atoms with Gasteiger partial charge < -0.3 is 9.47 Å². The zero-order chi connectivity index (χ0) is 21.6. The number of nitrogens with zero attached hydrogens (tertiary/aromatic N) is 1. The van der Waals surface area contributed by atoms with E-state index in [2.05, 4.69) is 10.7 Å². The minimum atomic E-state index is -3.81. The van der Waals surface area contributed by atoms with Crippen molar-refractivity contribution in [3.8, 4) is 12.3 Å². The van der Waals surface area contributed by atoms with E-state index in [0.717, 1.165) is 11.3 Å². The summed E-state index contributed by atoms with van der Waals surface area (Å²) in [5.74, 6) is -4.71. The van der Waals surface area contributed by atoms with Crippen LogP contribution in [-0.4, -0.2) is 34.0 Å². The van der Waals surface area contributed by atoms with Gasteiger partial charge in [0.2, 0.25) is 0 Å². The van der Waals surface area contributed by atoms with Crippen LogP contribution in [0.15, 0.2) is 23.3 Å². The van der Waals surface area contributed by atoms with Crippen LogP contribution in [0.5, 0.6) is 0 Å². The first-order valence-electron chi connectivity index (χ1n) is 7.85. The molecule has 154 valence electrons. The van der Waals surface area contributed by atoms with Crippen LogP contribution < -0.4 is 0 Å². The van der Waals surface area contributed by atoms with Crippen molar-refractivity contribution in [3.63, 3.8) is 0 Å². The molecule has 0 aliphatic carbocycles. The molecule has 1 aliphatic heterocycles. The van der Waals surface area contributed by atoms with E-state index in [1.165, 1.54) is 0 Å². The SMILES string of the molecule is C#CCCCC(F)(F)C(=O)O/C=C1/SC(=O)N(C(=O)OCc2ccc(Cl)s2)C1=O. The summed E-state index contributed by atoms with van der Waals surface area (Å²) >= 11 is 7.12. The van der Waals surface area contributed by atoms with Gasteiger partial charge in [0.1, 0.15) is 17.8 Å². The molecule has 0 saturated carbocycles. The number of halogens is 3. The van der Waals surface area contributed by atoms with Crippen LogP contribution in [0.1, 0.15) is 24.1 Å². The molecule has 0 aromatic carbocycles. The topological polar surface area (TPSA) is 90.0 Å². The van der Waals surface area contributed by atoms with Crippen LogP contribution in [0.2, 0.25) is 4.34 Å². The van der Waals surface area contributed by atoms with Gasteiger partial charge in [-0.3, -0.25) is 9.59 Å². The number of amides is 3. The largest absolute Gasteiger partial charge is 0.443 e. The standard InChI is InChI=1S/C17H12ClF2NO6S2/c1-2-3-4-7-17(19,20)14(23)26-9-11-13(22)21(16(25)29-11)15(24)27-8-10-5-6-12(18)28-10/h1,5-6,9H,3-4,7-8H2/b11-9+. The number of unbranched alkanes of at least 4 members (excludes halogenated alkanes) is 1. The highest BCUT2D eigenvalue weighted by Gasteiger charge is 2.43. The van der Waals surface area contributed by atoms with Crippen molar-refractivity contribution in [2.75, 3.05) is 0 Å². The molecule has 1 aromatic heterocycles.